The van der Waals surface area contributed by atoms with E-state index in [9.17, 15) is 0 Å². The van der Waals surface area contributed by atoms with Crippen molar-refractivity contribution in [2.45, 2.75) is 27.7 Å². The van der Waals surface area contributed by atoms with Crippen LogP contribution >= 0.6 is 22.6 Å². The first-order valence-corrected chi connectivity index (χ1v) is 11.9. The molecule has 35 heavy (non-hydrogen) atoms. The van der Waals surface area contributed by atoms with Gasteiger partial charge in [0.15, 0.2) is 11.6 Å². The zero-order chi connectivity index (χ0) is 24.5. The summed E-state index contributed by atoms with van der Waals surface area (Å²) >= 11 is 2.25. The third-order valence-electron chi connectivity index (χ3n) is 5.57. The Bertz CT molecular complexity index is 1670. The molecule has 6 aromatic rings. The molecule has 6 heterocycles. The summed E-state index contributed by atoms with van der Waals surface area (Å²) in [6.07, 6.45) is 9.41. The van der Waals surface area contributed by atoms with E-state index < -0.39 is 0 Å². The van der Waals surface area contributed by atoms with Crippen molar-refractivity contribution in [3.63, 3.8) is 0 Å². The molecule has 0 saturated heterocycles. The lowest BCUT2D eigenvalue weighted by Gasteiger charge is -2.03. The minimum atomic E-state index is 0.638. The zero-order valence-electron chi connectivity index (χ0n) is 19.5. The Kier molecular flexibility index (Phi) is 6.16. The molecule has 0 saturated carbocycles. The minimum absolute atomic E-state index is 0.638. The van der Waals surface area contributed by atoms with Gasteiger partial charge in [0.05, 0.1) is 29.0 Å². The van der Waals surface area contributed by atoms with E-state index in [4.69, 9.17) is 0 Å². The molecule has 0 aliphatic carbocycles. The van der Waals surface area contributed by atoms with Gasteiger partial charge in [0.2, 0.25) is 0 Å². The Balaban J connectivity index is 0.000000145. The van der Waals surface area contributed by atoms with Crippen molar-refractivity contribution in [1.29, 1.82) is 0 Å². The predicted octanol–water partition coefficient (Wildman–Crippen LogP) is 4.21. The van der Waals surface area contributed by atoms with Gasteiger partial charge < -0.3 is 4.40 Å². The highest BCUT2D eigenvalue weighted by Crippen LogP contribution is 2.19. The maximum Gasteiger partial charge on any atom is 0.182 e. The average Bonchev–Trinajstić information content (AvgIpc) is 3.49. The van der Waals surface area contributed by atoms with Gasteiger partial charge in [0, 0.05) is 35.9 Å². The van der Waals surface area contributed by atoms with Crippen LogP contribution in [0, 0.1) is 31.4 Å². The summed E-state index contributed by atoms with van der Waals surface area (Å²) in [5.41, 5.74) is 7.14. The van der Waals surface area contributed by atoms with Crippen LogP contribution in [0.4, 0.5) is 0 Å². The Morgan fingerprint density at radius 1 is 0.657 bits per heavy atom. The fourth-order valence-corrected chi connectivity index (χ4v) is 3.84. The van der Waals surface area contributed by atoms with Crippen LogP contribution in [-0.4, -0.2) is 49.1 Å². The van der Waals surface area contributed by atoms with Crippen LogP contribution in [0.3, 0.4) is 0 Å². The number of halogens is 1. The lowest BCUT2D eigenvalue weighted by Crippen LogP contribution is -1.99. The number of hydrogen-bond donors (Lipinski definition) is 0. The first-order chi connectivity index (χ1) is 16.9. The number of fused-ring (bicyclic) bond motifs is 2. The van der Waals surface area contributed by atoms with Gasteiger partial charge in [-0.05, 0) is 74.6 Å². The fraction of sp³-hybridized carbons (Fsp3) is 0.167. The molecule has 0 fully saturated rings. The van der Waals surface area contributed by atoms with Gasteiger partial charge in [-0.1, -0.05) is 0 Å². The van der Waals surface area contributed by atoms with E-state index in [1.54, 1.807) is 6.20 Å². The highest BCUT2D eigenvalue weighted by molar-refractivity contribution is 14.1. The topological polar surface area (TPSA) is 112 Å². The van der Waals surface area contributed by atoms with E-state index in [0.717, 1.165) is 48.9 Å². The number of nitrogens with zero attached hydrogens (tertiary/aromatic N) is 10. The molecular weight excluding hydrogens is 555 g/mol. The van der Waals surface area contributed by atoms with E-state index in [1.807, 2.05) is 85.5 Å². The van der Waals surface area contributed by atoms with Crippen LogP contribution in [0.2, 0.25) is 0 Å². The number of hydrogen-bond acceptors (Lipinski definition) is 8. The van der Waals surface area contributed by atoms with Gasteiger partial charge in [-0.25, -0.2) is 19.9 Å². The molecule has 6 aromatic heterocycles. The lowest BCUT2D eigenvalue weighted by molar-refractivity contribution is 0.904. The van der Waals surface area contributed by atoms with Gasteiger partial charge >= 0.3 is 0 Å². The minimum Gasteiger partial charge on any atom is -0.307 e. The molecule has 0 unspecified atom stereocenters. The van der Waals surface area contributed by atoms with Gasteiger partial charge in [-0.15, -0.1) is 10.2 Å². The van der Waals surface area contributed by atoms with E-state index >= 15 is 0 Å². The molecule has 0 spiro atoms. The fourth-order valence-electron chi connectivity index (χ4n) is 3.30. The molecule has 174 valence electrons. The van der Waals surface area contributed by atoms with Crippen LogP contribution in [0.1, 0.15) is 22.8 Å². The summed E-state index contributed by atoms with van der Waals surface area (Å²) in [6.45, 7) is 7.67. The molecule has 10 nitrogen and oxygen atoms in total. The highest BCUT2D eigenvalue weighted by Gasteiger charge is 2.08. The molecule has 0 amide bonds. The molecule has 6 rings (SSSR count). The standard InChI is InChI=1S/C12H10IN5.C12H11N5/c1-7-8(2)16-17-12(15-7)9-3-4-18-10(13)6-14-11(18)5-9;1-8-9(2)15-16-12(14-8)10-3-5-17-6-4-13-11(17)7-10/h3-6H,1-2H3;3-7H,1-2H3. The quantitative estimate of drug-likeness (QED) is 0.282. The number of rotatable bonds is 2. The van der Waals surface area contributed by atoms with Crippen LogP contribution in [0.25, 0.3) is 34.1 Å². The van der Waals surface area contributed by atoms with E-state index in [2.05, 4.69) is 62.9 Å². The van der Waals surface area contributed by atoms with Crippen LogP contribution in [0.5, 0.6) is 0 Å². The molecule has 0 bridgehead atoms. The SMILES string of the molecule is Cc1nnc(-c2ccn3c(I)cnc3c2)nc1C.Cc1nnc(-c2ccn3ccnc3c2)nc1C. The van der Waals surface area contributed by atoms with Crippen molar-refractivity contribution in [2.75, 3.05) is 0 Å². The first kappa shape index (κ1) is 22.9. The van der Waals surface area contributed by atoms with E-state index in [-0.39, 0.29) is 0 Å². The van der Waals surface area contributed by atoms with Gasteiger partial charge in [-0.3, -0.25) is 4.40 Å². The highest BCUT2D eigenvalue weighted by atomic mass is 127. The normalized spacial score (nSPS) is 11.0. The Hall–Kier alpha value is -3.87. The average molecular weight is 576 g/mol. The number of imidazole rings is 2. The molecule has 0 radical (unpaired) electrons. The molecule has 0 aliphatic heterocycles. The van der Waals surface area contributed by atoms with Crippen molar-refractivity contribution in [2.24, 2.45) is 0 Å². The summed E-state index contributed by atoms with van der Waals surface area (Å²) in [7, 11) is 0. The van der Waals surface area contributed by atoms with Crippen molar-refractivity contribution in [1.82, 2.24) is 49.1 Å². The monoisotopic (exact) mass is 576 g/mol. The van der Waals surface area contributed by atoms with Gasteiger partial charge in [0.1, 0.15) is 15.0 Å². The Morgan fingerprint density at radius 2 is 1.26 bits per heavy atom. The second kappa shape index (κ2) is 9.41. The summed E-state index contributed by atoms with van der Waals surface area (Å²) in [4.78, 5) is 17.4. The molecule has 0 N–H and O–H groups in total. The molecular formula is C24H21IN10. The van der Waals surface area contributed by atoms with Gasteiger partial charge in [0.25, 0.3) is 0 Å². The van der Waals surface area contributed by atoms with Crippen molar-refractivity contribution >= 4 is 33.9 Å². The van der Waals surface area contributed by atoms with Crippen LogP contribution < -0.4 is 0 Å². The molecule has 0 aromatic carbocycles. The molecule has 0 atom stereocenters. The second-order valence-corrected chi connectivity index (χ2v) is 9.05. The summed E-state index contributed by atoms with van der Waals surface area (Å²) in [5.74, 6) is 1.28. The van der Waals surface area contributed by atoms with Crippen molar-refractivity contribution in [3.8, 4) is 22.8 Å². The largest absolute Gasteiger partial charge is 0.307 e. The van der Waals surface area contributed by atoms with Crippen molar-refractivity contribution < 1.29 is 0 Å². The second-order valence-electron chi connectivity index (χ2n) is 7.95. The Labute approximate surface area is 214 Å². The van der Waals surface area contributed by atoms with Crippen LogP contribution in [0.15, 0.2) is 55.2 Å². The van der Waals surface area contributed by atoms with E-state index in [0.29, 0.717) is 11.6 Å². The Morgan fingerprint density at radius 3 is 1.89 bits per heavy atom. The van der Waals surface area contributed by atoms with Gasteiger partial charge in [-0.2, -0.15) is 10.2 Å². The third-order valence-corrected chi connectivity index (χ3v) is 6.36. The first-order valence-electron chi connectivity index (χ1n) is 10.8. The van der Waals surface area contributed by atoms with Crippen LogP contribution in [-0.2, 0) is 0 Å². The summed E-state index contributed by atoms with van der Waals surface area (Å²) in [6, 6.07) is 7.85. The molecule has 11 heteroatoms. The number of aromatic nitrogens is 10. The maximum atomic E-state index is 4.44. The lowest BCUT2D eigenvalue weighted by atomic mass is 10.2. The smallest absolute Gasteiger partial charge is 0.182 e. The number of pyridine rings is 2. The summed E-state index contributed by atoms with van der Waals surface area (Å²) < 4.78 is 5.03. The maximum absolute atomic E-state index is 4.44. The zero-order valence-corrected chi connectivity index (χ0v) is 21.7. The van der Waals surface area contributed by atoms with E-state index in [1.165, 1.54) is 0 Å². The summed E-state index contributed by atoms with van der Waals surface area (Å²) in [5, 5.41) is 16.4. The predicted molar refractivity (Wildman–Crippen MR) is 140 cm³/mol. The number of aryl methyl sites for hydroxylation is 4. The third kappa shape index (κ3) is 4.71. The molecule has 0 aliphatic rings. The van der Waals surface area contributed by atoms with Crippen molar-refractivity contribution in [3.05, 3.63) is 81.7 Å².